The van der Waals surface area contributed by atoms with Gasteiger partial charge in [0.2, 0.25) is 5.89 Å². The molecule has 6 aromatic heterocycles. The van der Waals surface area contributed by atoms with Crippen molar-refractivity contribution < 1.29 is 4.42 Å². The van der Waals surface area contributed by atoms with Crippen molar-refractivity contribution >= 4 is 87.3 Å². The lowest BCUT2D eigenvalue weighted by atomic mass is 9.95. The maximum atomic E-state index is 6.41. The zero-order valence-corrected chi connectivity index (χ0v) is 29.5. The Bertz CT molecular complexity index is 3060. The number of oxazole rings is 1. The summed E-state index contributed by atoms with van der Waals surface area (Å²) in [6.45, 7) is 0. The molecule has 244 valence electrons. The third kappa shape index (κ3) is 4.76. The van der Waals surface area contributed by atoms with E-state index in [1.54, 1.807) is 34.0 Å². The third-order valence-electron chi connectivity index (χ3n) is 9.12. The highest BCUT2D eigenvalue weighted by Crippen LogP contribution is 2.50. The summed E-state index contributed by atoms with van der Waals surface area (Å²) in [5.41, 5.74) is 8.57. The van der Waals surface area contributed by atoms with Gasteiger partial charge in [-0.25, -0.2) is 29.9 Å². The van der Waals surface area contributed by atoms with E-state index < -0.39 is 0 Å². The summed E-state index contributed by atoms with van der Waals surface area (Å²) in [4.78, 5) is 33.1. The van der Waals surface area contributed by atoms with Gasteiger partial charge in [0, 0.05) is 42.7 Å². The van der Waals surface area contributed by atoms with Crippen LogP contribution in [-0.4, -0.2) is 29.9 Å². The molecule has 7 nitrogen and oxygen atoms in total. The number of para-hydroxylation sites is 4. The number of thiophene rings is 2. The van der Waals surface area contributed by atoms with Crippen molar-refractivity contribution in [1.82, 2.24) is 29.9 Å². The van der Waals surface area contributed by atoms with Gasteiger partial charge in [-0.05, 0) is 65.4 Å². The van der Waals surface area contributed by atoms with Crippen LogP contribution in [0, 0.1) is 0 Å². The Morgan fingerprint density at radius 1 is 0.519 bits per heavy atom. The van der Waals surface area contributed by atoms with Crippen molar-refractivity contribution in [3.8, 4) is 54.6 Å². The molecule has 0 spiro atoms. The molecule has 5 aromatic carbocycles. The van der Waals surface area contributed by atoms with Crippen LogP contribution in [0.2, 0.25) is 0 Å². The molecule has 0 aliphatic rings. The van der Waals surface area contributed by atoms with Crippen LogP contribution in [0.5, 0.6) is 0 Å². The SMILES string of the molecule is c1csc(-c2cc3nc(-c4ncc5ccccc5n4)c(-c4nc5ccccc5o4)nc3c(-c3nc4ccccc4s3)c2-c2cc3ccccc3s2)c1. The minimum Gasteiger partial charge on any atom is -0.435 e. The Hall–Kier alpha value is -6.20. The van der Waals surface area contributed by atoms with Crippen LogP contribution in [-0.2, 0) is 0 Å². The summed E-state index contributed by atoms with van der Waals surface area (Å²) in [5, 5.41) is 5.11. The number of rotatable bonds is 5. The van der Waals surface area contributed by atoms with Gasteiger partial charge in [0.25, 0.3) is 0 Å². The first-order valence-electron chi connectivity index (χ1n) is 16.6. The van der Waals surface area contributed by atoms with Gasteiger partial charge in [-0.15, -0.1) is 34.0 Å². The van der Waals surface area contributed by atoms with Gasteiger partial charge >= 0.3 is 0 Å². The fourth-order valence-electron chi connectivity index (χ4n) is 6.73. The number of hydrogen-bond acceptors (Lipinski definition) is 10. The molecule has 11 rings (SSSR count). The largest absolute Gasteiger partial charge is 0.435 e. The standard InChI is InChI=1S/C42H22N6OS3/c1-3-12-26-24(11-1)22-43-40(45-26)38-39(41-46-27-13-4-6-15-30(27)49-41)48-37-29(44-38)21-25(32-18-9-19-50-32)35(34-20-23-10-2-7-16-31(23)51-34)36(37)42-47-28-14-5-8-17-33(28)52-42/h1-22H. The molecular formula is C42H22N6OS3. The van der Waals surface area contributed by atoms with E-state index in [4.69, 9.17) is 34.3 Å². The molecule has 0 bridgehead atoms. The Morgan fingerprint density at radius 3 is 2.13 bits per heavy atom. The second-order valence-electron chi connectivity index (χ2n) is 12.3. The number of aromatic nitrogens is 6. The number of hydrogen-bond donors (Lipinski definition) is 0. The van der Waals surface area contributed by atoms with E-state index in [0.29, 0.717) is 39.7 Å². The highest BCUT2D eigenvalue weighted by Gasteiger charge is 2.28. The minimum atomic E-state index is 0.350. The first-order chi connectivity index (χ1) is 25.7. The summed E-state index contributed by atoms with van der Waals surface area (Å²) in [6, 6.07) is 41.1. The molecule has 0 atom stereocenters. The molecule has 0 radical (unpaired) electrons. The zero-order valence-electron chi connectivity index (χ0n) is 27.0. The topological polar surface area (TPSA) is 90.5 Å². The van der Waals surface area contributed by atoms with E-state index in [1.807, 2.05) is 60.8 Å². The van der Waals surface area contributed by atoms with Crippen molar-refractivity contribution in [2.45, 2.75) is 0 Å². The van der Waals surface area contributed by atoms with Crippen LogP contribution in [0.1, 0.15) is 0 Å². The smallest absolute Gasteiger partial charge is 0.248 e. The summed E-state index contributed by atoms with van der Waals surface area (Å²) in [7, 11) is 0. The van der Waals surface area contributed by atoms with Crippen LogP contribution in [0.25, 0.3) is 108 Å². The lowest BCUT2D eigenvalue weighted by Gasteiger charge is -2.16. The van der Waals surface area contributed by atoms with Crippen LogP contribution >= 0.6 is 34.0 Å². The Kier molecular flexibility index (Phi) is 6.63. The highest BCUT2D eigenvalue weighted by atomic mass is 32.1. The molecule has 0 unspecified atom stereocenters. The second kappa shape index (κ2) is 11.7. The fourth-order valence-corrected chi connectivity index (χ4v) is 9.63. The average Bonchev–Trinajstić information content (AvgIpc) is 4.02. The second-order valence-corrected chi connectivity index (χ2v) is 15.4. The van der Waals surface area contributed by atoms with Crippen LogP contribution in [0.3, 0.4) is 0 Å². The van der Waals surface area contributed by atoms with E-state index >= 15 is 0 Å². The zero-order chi connectivity index (χ0) is 34.2. The maximum Gasteiger partial charge on any atom is 0.248 e. The average molecular weight is 723 g/mol. The lowest BCUT2D eigenvalue weighted by molar-refractivity contribution is 0.617. The number of fused-ring (bicyclic) bond motifs is 5. The quantitative estimate of drug-likeness (QED) is 0.175. The molecule has 10 heteroatoms. The van der Waals surface area contributed by atoms with Gasteiger partial charge in [-0.3, -0.25) is 0 Å². The lowest BCUT2D eigenvalue weighted by Crippen LogP contribution is -2.02. The summed E-state index contributed by atoms with van der Waals surface area (Å²) in [6.07, 6.45) is 1.83. The molecular weight excluding hydrogens is 701 g/mol. The van der Waals surface area contributed by atoms with E-state index in [-0.39, 0.29) is 0 Å². The third-order valence-corrected chi connectivity index (χ3v) is 12.2. The monoisotopic (exact) mass is 722 g/mol. The van der Waals surface area contributed by atoms with E-state index in [0.717, 1.165) is 58.1 Å². The molecule has 52 heavy (non-hydrogen) atoms. The van der Waals surface area contributed by atoms with Crippen molar-refractivity contribution in [1.29, 1.82) is 0 Å². The Labute approximate surface area is 307 Å². The van der Waals surface area contributed by atoms with Gasteiger partial charge in [0.15, 0.2) is 17.1 Å². The van der Waals surface area contributed by atoms with Crippen molar-refractivity contribution in [3.05, 3.63) is 133 Å². The minimum absolute atomic E-state index is 0.350. The van der Waals surface area contributed by atoms with E-state index in [9.17, 15) is 0 Å². The number of benzene rings is 5. The van der Waals surface area contributed by atoms with Gasteiger partial charge in [0.05, 0.1) is 21.3 Å². The first-order valence-corrected chi connectivity index (χ1v) is 19.1. The molecule has 0 saturated carbocycles. The van der Waals surface area contributed by atoms with Gasteiger partial charge in [0.1, 0.15) is 21.7 Å². The number of thiazole rings is 1. The predicted molar refractivity (Wildman–Crippen MR) is 214 cm³/mol. The normalized spacial score (nSPS) is 11.8. The molecule has 6 heterocycles. The summed E-state index contributed by atoms with van der Waals surface area (Å²) >= 11 is 5.14. The summed E-state index contributed by atoms with van der Waals surface area (Å²) in [5.74, 6) is 0.793. The van der Waals surface area contributed by atoms with Gasteiger partial charge < -0.3 is 4.42 Å². The van der Waals surface area contributed by atoms with E-state index in [1.165, 1.54) is 10.1 Å². The van der Waals surface area contributed by atoms with Crippen molar-refractivity contribution in [2.75, 3.05) is 0 Å². The van der Waals surface area contributed by atoms with Gasteiger partial charge in [-0.2, -0.15) is 0 Å². The summed E-state index contributed by atoms with van der Waals surface area (Å²) < 4.78 is 8.72. The highest BCUT2D eigenvalue weighted by molar-refractivity contribution is 7.23. The van der Waals surface area contributed by atoms with Crippen molar-refractivity contribution in [2.24, 2.45) is 0 Å². The van der Waals surface area contributed by atoms with Crippen LogP contribution in [0.4, 0.5) is 0 Å². The Balaban J connectivity index is 1.30. The predicted octanol–water partition coefficient (Wildman–Crippen LogP) is 11.9. The number of nitrogens with zero attached hydrogens (tertiary/aromatic N) is 6. The molecule has 0 fully saturated rings. The van der Waals surface area contributed by atoms with Gasteiger partial charge in [-0.1, -0.05) is 66.7 Å². The molecule has 0 saturated heterocycles. The first kappa shape index (κ1) is 29.5. The molecule has 0 aliphatic carbocycles. The van der Waals surface area contributed by atoms with E-state index in [2.05, 4.69) is 72.1 Å². The molecule has 0 amide bonds. The maximum absolute atomic E-state index is 6.41. The molecule has 0 N–H and O–H groups in total. The Morgan fingerprint density at radius 2 is 1.31 bits per heavy atom. The van der Waals surface area contributed by atoms with Crippen molar-refractivity contribution in [3.63, 3.8) is 0 Å². The molecule has 11 aromatic rings. The van der Waals surface area contributed by atoms with Crippen LogP contribution in [0.15, 0.2) is 137 Å². The molecule has 0 aliphatic heterocycles. The fraction of sp³-hybridized carbons (Fsp3) is 0. The van der Waals surface area contributed by atoms with Crippen LogP contribution < -0.4 is 0 Å².